The highest BCUT2D eigenvalue weighted by atomic mass is 31.2. The number of hydrogen-bond donors (Lipinski definition) is 3. The van der Waals surface area contributed by atoms with Gasteiger partial charge in [-0.25, -0.2) is 19.7 Å². The van der Waals surface area contributed by atoms with Crippen molar-refractivity contribution in [2.45, 2.75) is 44.2 Å². The summed E-state index contributed by atoms with van der Waals surface area (Å²) in [6, 6.07) is 8.75. The van der Waals surface area contributed by atoms with E-state index in [-0.39, 0.29) is 5.82 Å². The number of benzene rings is 1. The molecule has 3 N–H and O–H groups in total. The largest absolute Gasteiger partial charge is 0.778 e. The predicted molar refractivity (Wildman–Crippen MR) is 132 cm³/mol. The van der Waals surface area contributed by atoms with Gasteiger partial charge in [0.15, 0.2) is 29.5 Å². The van der Waals surface area contributed by atoms with Crippen molar-refractivity contribution in [1.82, 2.24) is 24.8 Å². The van der Waals surface area contributed by atoms with E-state index in [2.05, 4.69) is 25.6 Å². The summed E-state index contributed by atoms with van der Waals surface area (Å²) >= 11 is 0. The van der Waals surface area contributed by atoms with E-state index in [0.29, 0.717) is 17.7 Å². The van der Waals surface area contributed by atoms with Crippen LogP contribution >= 0.6 is 7.60 Å². The second kappa shape index (κ2) is 11.3. The quantitative estimate of drug-likeness (QED) is 0.301. The van der Waals surface area contributed by atoms with Gasteiger partial charge in [-0.05, 0) is 6.92 Å². The van der Waals surface area contributed by atoms with E-state index in [1.165, 1.54) is 12.7 Å². The molecule has 0 saturated carbocycles. The number of carboxylic acids is 1. The van der Waals surface area contributed by atoms with Gasteiger partial charge in [0.05, 0.1) is 19.4 Å². The molecular weight excluding hydrogens is 535 g/mol. The molecule has 39 heavy (non-hydrogen) atoms. The number of carbonyl (C=O) groups is 2. The summed E-state index contributed by atoms with van der Waals surface area (Å²) in [6.07, 6.45) is -2.42. The number of fused-ring (bicyclic) bond motifs is 2. The van der Waals surface area contributed by atoms with Gasteiger partial charge < -0.3 is 38.6 Å². The fourth-order valence-electron chi connectivity index (χ4n) is 4.39. The minimum atomic E-state index is -4.45. The molecule has 0 bridgehead atoms. The standard InChI is InChI=1S/C23H27N6O9P/c1-2-24-23(32)28-19-16-20(26-11-25-19)29(12-27-16)21-18-17(37-22(38-18)13-6-4-3-5-7-13)14(36-21)10-35-39(33,34)9-8-15(30)31/h3-7,11-12,14,17-18,21-22H,2,8-10H2,1H3,(H,30,31)(H,33,34)(H2,24,25,26,28,32)/p-1/t14-,17?,18+,21-,22-/m1/s1. The number of aliphatic carboxylic acids is 1. The van der Waals surface area contributed by atoms with Crippen molar-refractivity contribution < 1.29 is 42.9 Å². The molecule has 208 valence electrons. The lowest BCUT2D eigenvalue weighted by molar-refractivity contribution is -0.204. The zero-order chi connectivity index (χ0) is 27.6. The highest BCUT2D eigenvalue weighted by Gasteiger charge is 2.54. The first kappa shape index (κ1) is 27.1. The maximum Gasteiger partial charge on any atom is 0.320 e. The number of amides is 2. The van der Waals surface area contributed by atoms with E-state index in [4.69, 9.17) is 23.8 Å². The Balaban J connectivity index is 1.41. The molecule has 2 fully saturated rings. The lowest BCUT2D eigenvalue weighted by Gasteiger charge is -2.26. The number of imidazole rings is 1. The van der Waals surface area contributed by atoms with Crippen molar-refractivity contribution in [3.63, 3.8) is 0 Å². The average Bonchev–Trinajstić information content (AvgIpc) is 3.62. The molecule has 0 aliphatic carbocycles. The zero-order valence-corrected chi connectivity index (χ0v) is 21.6. The number of aromatic nitrogens is 4. The Hall–Kier alpha value is -3.46. The molecule has 15 nitrogen and oxygen atoms in total. The summed E-state index contributed by atoms with van der Waals surface area (Å²) < 4.78 is 37.5. The molecule has 16 heteroatoms. The molecule has 3 aromatic rings. The Kier molecular flexibility index (Phi) is 7.88. The van der Waals surface area contributed by atoms with Crippen LogP contribution < -0.4 is 15.5 Å². The van der Waals surface area contributed by atoms with Crippen molar-refractivity contribution in [3.8, 4) is 0 Å². The monoisotopic (exact) mass is 561 g/mol. The van der Waals surface area contributed by atoms with Crippen molar-refractivity contribution in [3.05, 3.63) is 48.5 Å². The van der Waals surface area contributed by atoms with Gasteiger partial charge in [-0.2, -0.15) is 0 Å². The van der Waals surface area contributed by atoms with E-state index >= 15 is 0 Å². The summed E-state index contributed by atoms with van der Waals surface area (Å²) in [6.45, 7) is 1.79. The predicted octanol–water partition coefficient (Wildman–Crippen LogP) is 1.39. The second-order valence-electron chi connectivity index (χ2n) is 8.81. The van der Waals surface area contributed by atoms with Crippen molar-refractivity contribution in [1.29, 1.82) is 0 Å². The van der Waals surface area contributed by atoms with E-state index in [1.54, 1.807) is 11.5 Å². The van der Waals surface area contributed by atoms with Gasteiger partial charge >= 0.3 is 12.0 Å². The Morgan fingerprint density at radius 1 is 1.15 bits per heavy atom. The molecule has 0 spiro atoms. The minimum Gasteiger partial charge on any atom is -0.778 e. The summed E-state index contributed by atoms with van der Waals surface area (Å²) in [5.74, 6) is -1.06. The molecule has 0 radical (unpaired) electrons. The molecule has 2 saturated heterocycles. The Labute approximate surface area is 222 Å². The first-order valence-electron chi connectivity index (χ1n) is 12.2. The van der Waals surface area contributed by atoms with Crippen LogP contribution in [0.2, 0.25) is 0 Å². The van der Waals surface area contributed by atoms with E-state index in [0.717, 1.165) is 5.56 Å². The van der Waals surface area contributed by atoms with Crippen molar-refractivity contribution in [2.24, 2.45) is 0 Å². The molecule has 2 aromatic heterocycles. The van der Waals surface area contributed by atoms with Gasteiger partial charge in [-0.15, -0.1) is 0 Å². The van der Waals surface area contributed by atoms with E-state index < -0.39 is 69.6 Å². The van der Waals surface area contributed by atoms with Crippen LogP contribution in [0.5, 0.6) is 0 Å². The van der Waals surface area contributed by atoms with E-state index in [9.17, 15) is 19.0 Å². The lowest BCUT2D eigenvalue weighted by Crippen LogP contribution is -2.32. The first-order chi connectivity index (χ1) is 18.8. The number of carboxylic acid groups (broad SMARTS) is 1. The number of urea groups is 1. The second-order valence-corrected chi connectivity index (χ2v) is 10.7. The Bertz CT molecular complexity index is 1390. The maximum atomic E-state index is 12.3. The highest BCUT2D eigenvalue weighted by molar-refractivity contribution is 7.51. The molecule has 6 atom stereocenters. The topological polar surface area (TPSA) is 199 Å². The van der Waals surface area contributed by atoms with Gasteiger partial charge in [-0.1, -0.05) is 30.3 Å². The summed E-state index contributed by atoms with van der Waals surface area (Å²) in [5.41, 5.74) is 1.40. The lowest BCUT2D eigenvalue weighted by atomic mass is 10.1. The number of nitrogens with one attached hydrogen (secondary N) is 2. The van der Waals surface area contributed by atoms with Gasteiger partial charge in [0.1, 0.15) is 32.2 Å². The third kappa shape index (κ3) is 5.93. The zero-order valence-electron chi connectivity index (χ0n) is 20.7. The number of carbonyl (C=O) groups excluding carboxylic acids is 1. The molecule has 2 amide bonds. The molecule has 5 rings (SSSR count). The van der Waals surface area contributed by atoms with Crippen LogP contribution in [0.4, 0.5) is 10.6 Å². The Morgan fingerprint density at radius 2 is 1.92 bits per heavy atom. The van der Waals surface area contributed by atoms with E-state index in [1.807, 2.05) is 30.3 Å². The fraction of sp³-hybridized carbons (Fsp3) is 0.435. The minimum absolute atomic E-state index is 0.190. The number of hydrogen-bond acceptors (Lipinski definition) is 11. The average molecular weight is 561 g/mol. The van der Waals surface area contributed by atoms with Gasteiger partial charge in [0.25, 0.3) is 0 Å². The van der Waals surface area contributed by atoms with Gasteiger partial charge in [-0.3, -0.25) is 14.7 Å². The normalized spacial score (nSPS) is 25.7. The van der Waals surface area contributed by atoms with Crippen LogP contribution in [0.1, 0.15) is 31.4 Å². The summed E-state index contributed by atoms with van der Waals surface area (Å²) in [5, 5.41) is 14.1. The Morgan fingerprint density at radius 3 is 2.67 bits per heavy atom. The number of ether oxygens (including phenoxy) is 3. The number of rotatable bonds is 10. The maximum absolute atomic E-state index is 12.3. The van der Waals surface area contributed by atoms with Crippen LogP contribution in [0, 0.1) is 0 Å². The first-order valence-corrected chi connectivity index (χ1v) is 13.9. The van der Waals surface area contributed by atoms with Crippen LogP contribution in [0.15, 0.2) is 43.0 Å². The smallest absolute Gasteiger partial charge is 0.320 e. The third-order valence-corrected chi connectivity index (χ3v) is 7.47. The van der Waals surface area contributed by atoms with Crippen molar-refractivity contribution >= 4 is 36.6 Å². The highest BCUT2D eigenvalue weighted by Crippen LogP contribution is 2.46. The molecule has 2 aliphatic heterocycles. The fourth-order valence-corrected chi connectivity index (χ4v) is 5.35. The summed E-state index contributed by atoms with van der Waals surface area (Å²) in [7, 11) is -4.45. The third-order valence-electron chi connectivity index (χ3n) is 6.16. The molecule has 4 heterocycles. The van der Waals surface area contributed by atoms with Gasteiger partial charge in [0.2, 0.25) is 0 Å². The molecule has 1 aromatic carbocycles. The SMILES string of the molecule is CCNC(=O)Nc1ncnc2c1ncn2[C@@H]1O[C@H](COP(=O)([O-])CCC(=O)O)C2O[C@@H](c3ccccc3)O[C@@H]21. The number of nitrogens with zero attached hydrogens (tertiary/aromatic N) is 4. The summed E-state index contributed by atoms with van der Waals surface area (Å²) in [4.78, 5) is 47.9. The van der Waals surface area contributed by atoms with Crippen LogP contribution in [0.3, 0.4) is 0 Å². The molecular formula is C23H26N6O9P-. The van der Waals surface area contributed by atoms with Crippen LogP contribution in [0.25, 0.3) is 11.2 Å². The number of anilines is 1. The molecule has 2 unspecified atom stereocenters. The van der Waals surface area contributed by atoms with Crippen LogP contribution in [-0.4, -0.2) is 74.3 Å². The molecule has 2 aliphatic rings. The van der Waals surface area contributed by atoms with Gasteiger partial charge in [0, 0.05) is 18.3 Å². The van der Waals surface area contributed by atoms with Crippen molar-refractivity contribution in [2.75, 3.05) is 24.6 Å². The van der Waals surface area contributed by atoms with Crippen LogP contribution in [-0.2, 0) is 28.1 Å².